The molecule has 7 heteroatoms. The van der Waals surface area contributed by atoms with Gasteiger partial charge in [-0.2, -0.15) is 0 Å². The topological polar surface area (TPSA) is 92.8 Å². The molecule has 0 aliphatic carbocycles. The van der Waals surface area contributed by atoms with Gasteiger partial charge in [-0.15, -0.1) is 0 Å². The van der Waals surface area contributed by atoms with Crippen LogP contribution in [0.2, 0.25) is 0 Å². The molecule has 136 valence electrons. The van der Waals surface area contributed by atoms with Gasteiger partial charge < -0.3 is 15.0 Å². The van der Waals surface area contributed by atoms with E-state index in [1.165, 1.54) is 7.11 Å². The Balaban J connectivity index is 1.68. The number of nitrogens with one attached hydrogen (secondary N) is 2. The van der Waals surface area contributed by atoms with Crippen molar-refractivity contribution in [2.45, 2.75) is 0 Å². The van der Waals surface area contributed by atoms with Crippen LogP contribution in [0.1, 0.15) is 10.4 Å². The Morgan fingerprint density at radius 2 is 1.89 bits per heavy atom. The second-order valence-corrected chi connectivity index (χ2v) is 6.32. The molecule has 0 fully saturated rings. The predicted octanol–water partition coefficient (Wildman–Crippen LogP) is 4.04. The summed E-state index contributed by atoms with van der Waals surface area (Å²) in [6.45, 7) is 0. The molecule has 2 N–H and O–H groups in total. The van der Waals surface area contributed by atoms with Crippen LogP contribution in [0.25, 0.3) is 33.9 Å². The van der Waals surface area contributed by atoms with E-state index in [2.05, 4.69) is 20.3 Å². The standard InChI is InChI=1S/C21H15N5O2/c1-28-21(27)13-6-4-12(5-7-13)19-25-17-14-8-10-22-11-16(14)24-20-15(18(17)26-19)3-2-9-23-20/h2-11H,1H3,(H,23,24)(H,25,26). The Morgan fingerprint density at radius 1 is 1.04 bits per heavy atom. The zero-order valence-corrected chi connectivity index (χ0v) is 14.9. The number of anilines is 2. The number of H-pyrrole nitrogens is 1. The average molecular weight is 369 g/mol. The summed E-state index contributed by atoms with van der Waals surface area (Å²) in [4.78, 5) is 28.6. The molecule has 0 saturated heterocycles. The predicted molar refractivity (Wildman–Crippen MR) is 105 cm³/mol. The van der Waals surface area contributed by atoms with Gasteiger partial charge in [0.1, 0.15) is 17.3 Å². The van der Waals surface area contributed by atoms with Gasteiger partial charge in [0.2, 0.25) is 0 Å². The van der Waals surface area contributed by atoms with E-state index in [9.17, 15) is 4.79 Å². The van der Waals surface area contributed by atoms with E-state index < -0.39 is 0 Å². The number of aromatic amines is 1. The molecule has 4 heterocycles. The number of carbonyl (C=O) groups excluding carboxylic acids is 1. The zero-order chi connectivity index (χ0) is 19.1. The van der Waals surface area contributed by atoms with Crippen molar-refractivity contribution in [2.24, 2.45) is 0 Å². The van der Waals surface area contributed by atoms with E-state index >= 15 is 0 Å². The van der Waals surface area contributed by atoms with Crippen molar-refractivity contribution >= 4 is 17.5 Å². The summed E-state index contributed by atoms with van der Waals surface area (Å²) >= 11 is 0. The second-order valence-electron chi connectivity index (χ2n) is 6.32. The van der Waals surface area contributed by atoms with Crippen LogP contribution in [-0.2, 0) is 4.74 Å². The maximum atomic E-state index is 11.7. The molecule has 1 aliphatic heterocycles. The monoisotopic (exact) mass is 369 g/mol. The fraction of sp³-hybridized carbons (Fsp3) is 0.0476. The van der Waals surface area contributed by atoms with E-state index in [1.807, 2.05) is 30.3 Å². The summed E-state index contributed by atoms with van der Waals surface area (Å²) in [7, 11) is 1.37. The van der Waals surface area contributed by atoms with Crippen LogP contribution < -0.4 is 5.32 Å². The van der Waals surface area contributed by atoms with Gasteiger partial charge in [0.05, 0.1) is 30.3 Å². The van der Waals surface area contributed by atoms with Crippen molar-refractivity contribution in [3.63, 3.8) is 0 Å². The first kappa shape index (κ1) is 16.2. The van der Waals surface area contributed by atoms with Gasteiger partial charge in [-0.1, -0.05) is 12.1 Å². The van der Waals surface area contributed by atoms with Crippen LogP contribution in [0.3, 0.4) is 0 Å². The third-order valence-corrected chi connectivity index (χ3v) is 4.69. The van der Waals surface area contributed by atoms with Gasteiger partial charge in [0, 0.05) is 29.1 Å². The molecule has 5 rings (SSSR count). The molecule has 7 nitrogen and oxygen atoms in total. The molecule has 0 unspecified atom stereocenters. The molecule has 4 aromatic rings. The third kappa shape index (κ3) is 2.52. The van der Waals surface area contributed by atoms with Gasteiger partial charge in [0.25, 0.3) is 0 Å². The summed E-state index contributed by atoms with van der Waals surface area (Å²) in [5.41, 5.74) is 5.80. The van der Waals surface area contributed by atoms with Gasteiger partial charge in [0.15, 0.2) is 0 Å². The lowest BCUT2D eigenvalue weighted by atomic mass is 10.1. The van der Waals surface area contributed by atoms with Gasteiger partial charge in [-0.05, 0) is 30.3 Å². The average Bonchev–Trinajstić information content (AvgIpc) is 3.14. The highest BCUT2D eigenvalue weighted by molar-refractivity contribution is 5.95. The van der Waals surface area contributed by atoms with Crippen molar-refractivity contribution < 1.29 is 9.53 Å². The summed E-state index contributed by atoms with van der Waals surface area (Å²) in [6, 6.07) is 13.0. The van der Waals surface area contributed by atoms with Crippen molar-refractivity contribution in [3.05, 3.63) is 66.6 Å². The molecule has 0 spiro atoms. The first-order valence-corrected chi connectivity index (χ1v) is 8.70. The van der Waals surface area contributed by atoms with Crippen LogP contribution in [0.15, 0.2) is 61.1 Å². The third-order valence-electron chi connectivity index (χ3n) is 4.69. The van der Waals surface area contributed by atoms with Crippen LogP contribution in [0, 0.1) is 0 Å². The number of ether oxygens (including phenoxy) is 1. The highest BCUT2D eigenvalue weighted by atomic mass is 16.5. The summed E-state index contributed by atoms with van der Waals surface area (Å²) in [6.07, 6.45) is 5.26. The number of carbonyl (C=O) groups is 1. The molecule has 0 amide bonds. The second kappa shape index (κ2) is 6.31. The Kier molecular flexibility index (Phi) is 3.65. The van der Waals surface area contributed by atoms with Crippen LogP contribution >= 0.6 is 0 Å². The summed E-state index contributed by atoms with van der Waals surface area (Å²) in [5, 5.41) is 3.34. The van der Waals surface area contributed by atoms with Gasteiger partial charge in [-0.3, -0.25) is 4.98 Å². The Hall–Kier alpha value is -4.00. The van der Waals surface area contributed by atoms with E-state index in [4.69, 9.17) is 9.72 Å². The van der Waals surface area contributed by atoms with Crippen molar-refractivity contribution in [3.8, 4) is 33.9 Å². The molecule has 1 aliphatic rings. The van der Waals surface area contributed by atoms with Crippen LogP contribution in [-0.4, -0.2) is 33.0 Å². The minimum Gasteiger partial charge on any atom is -0.465 e. The number of aromatic nitrogens is 4. The minimum atomic E-state index is -0.366. The fourth-order valence-electron chi connectivity index (χ4n) is 3.32. The Morgan fingerprint density at radius 3 is 2.71 bits per heavy atom. The Labute approximate surface area is 160 Å². The first-order valence-electron chi connectivity index (χ1n) is 8.70. The fourth-order valence-corrected chi connectivity index (χ4v) is 3.32. The van der Waals surface area contributed by atoms with Crippen LogP contribution in [0.4, 0.5) is 11.5 Å². The molecule has 1 aromatic carbocycles. The number of pyridine rings is 2. The number of methoxy groups -OCH3 is 1. The number of imidazole rings is 1. The van der Waals surface area contributed by atoms with Crippen molar-refractivity contribution in [1.82, 2.24) is 19.9 Å². The first-order chi connectivity index (χ1) is 13.7. The SMILES string of the molecule is COC(=O)c1ccc(-c2nc3c([nH]2)-c2ccncc2Nc2ncccc2-3)cc1. The number of benzene rings is 1. The quantitative estimate of drug-likeness (QED) is 0.456. The Bertz CT molecular complexity index is 1130. The van der Waals surface area contributed by atoms with Crippen LogP contribution in [0.5, 0.6) is 0 Å². The lowest BCUT2D eigenvalue weighted by molar-refractivity contribution is 0.0601. The number of esters is 1. The van der Waals surface area contributed by atoms with Crippen molar-refractivity contribution in [1.29, 1.82) is 0 Å². The largest absolute Gasteiger partial charge is 0.465 e. The van der Waals surface area contributed by atoms with Gasteiger partial charge >= 0.3 is 5.97 Å². The lowest BCUT2D eigenvalue weighted by Gasteiger charge is -2.07. The zero-order valence-electron chi connectivity index (χ0n) is 14.9. The number of nitrogens with zero attached hydrogens (tertiary/aromatic N) is 3. The van der Waals surface area contributed by atoms with Crippen molar-refractivity contribution in [2.75, 3.05) is 12.4 Å². The number of hydrogen-bond acceptors (Lipinski definition) is 6. The minimum absolute atomic E-state index is 0.366. The van der Waals surface area contributed by atoms with E-state index in [1.54, 1.807) is 30.7 Å². The molecule has 0 bridgehead atoms. The summed E-state index contributed by atoms with van der Waals surface area (Å²) < 4.78 is 4.76. The highest BCUT2D eigenvalue weighted by Crippen LogP contribution is 2.42. The molecular weight excluding hydrogens is 354 g/mol. The maximum absolute atomic E-state index is 11.7. The smallest absolute Gasteiger partial charge is 0.337 e. The van der Waals surface area contributed by atoms with E-state index in [0.29, 0.717) is 11.4 Å². The summed E-state index contributed by atoms with van der Waals surface area (Å²) in [5.74, 6) is 1.07. The highest BCUT2D eigenvalue weighted by Gasteiger charge is 2.24. The number of rotatable bonds is 2. The molecular formula is C21H15N5O2. The molecule has 0 atom stereocenters. The number of hydrogen-bond donors (Lipinski definition) is 2. The van der Waals surface area contributed by atoms with E-state index in [0.717, 1.165) is 39.6 Å². The maximum Gasteiger partial charge on any atom is 0.337 e. The molecule has 0 saturated carbocycles. The van der Waals surface area contributed by atoms with Gasteiger partial charge in [-0.25, -0.2) is 14.8 Å². The normalized spacial score (nSPS) is 11.5. The molecule has 0 radical (unpaired) electrons. The lowest BCUT2D eigenvalue weighted by Crippen LogP contribution is -2.00. The molecule has 28 heavy (non-hydrogen) atoms. The molecule has 3 aromatic heterocycles. The van der Waals surface area contributed by atoms with E-state index in [-0.39, 0.29) is 5.97 Å². The number of fused-ring (bicyclic) bond motifs is 5.